The molecule has 1 saturated heterocycles. The van der Waals surface area contributed by atoms with Crippen LogP contribution in [-0.4, -0.2) is 61.1 Å². The van der Waals surface area contributed by atoms with E-state index in [-0.39, 0.29) is 36.7 Å². The van der Waals surface area contributed by atoms with E-state index in [0.717, 1.165) is 0 Å². The number of hydrogen-bond donors (Lipinski definition) is 0. The number of hydrogen-bond acceptors (Lipinski definition) is 8. The summed E-state index contributed by atoms with van der Waals surface area (Å²) in [6.07, 6.45) is 2.07. The van der Waals surface area contributed by atoms with Gasteiger partial charge in [0.1, 0.15) is 17.9 Å². The molecule has 1 aliphatic heterocycles. The van der Waals surface area contributed by atoms with Crippen molar-refractivity contribution >= 4 is 24.0 Å². The van der Waals surface area contributed by atoms with Gasteiger partial charge in [-0.25, -0.2) is 4.68 Å². The summed E-state index contributed by atoms with van der Waals surface area (Å²) in [5.41, 5.74) is -0.631. The summed E-state index contributed by atoms with van der Waals surface area (Å²) in [6, 6.07) is 4.31. The van der Waals surface area contributed by atoms with E-state index in [1.54, 1.807) is 24.9 Å². The highest BCUT2D eigenvalue weighted by molar-refractivity contribution is 6.00. The van der Waals surface area contributed by atoms with Crippen molar-refractivity contribution in [3.05, 3.63) is 51.3 Å². The van der Waals surface area contributed by atoms with Crippen molar-refractivity contribution in [3.63, 3.8) is 0 Å². The number of amides is 2. The van der Waals surface area contributed by atoms with Crippen molar-refractivity contribution in [1.82, 2.24) is 24.8 Å². The Balaban J connectivity index is 1.80. The zero-order chi connectivity index (χ0) is 25.0. The number of carbonyl (C=O) groups excluding carboxylic acids is 3. The first-order valence-corrected chi connectivity index (χ1v) is 10.9. The molecule has 0 bridgehead atoms. The molecule has 3 rings (SSSR count). The monoisotopic (exact) mass is 472 g/mol. The molecule has 12 nitrogen and oxygen atoms in total. The Kier molecular flexibility index (Phi) is 7.28. The Hall–Kier alpha value is -3.83. The Morgan fingerprint density at radius 3 is 2.74 bits per heavy atom. The van der Waals surface area contributed by atoms with Crippen LogP contribution < -0.4 is 0 Å². The fourth-order valence-corrected chi connectivity index (χ4v) is 3.84. The first-order chi connectivity index (χ1) is 16.1. The molecule has 2 aromatic rings. The predicted octanol–water partition coefficient (Wildman–Crippen LogP) is 2.08. The average Bonchev–Trinajstić information content (AvgIpc) is 3.26. The summed E-state index contributed by atoms with van der Waals surface area (Å²) in [4.78, 5) is 50.2. The molecule has 1 atom stereocenters. The van der Waals surface area contributed by atoms with Gasteiger partial charge in [0.25, 0.3) is 18.1 Å². The normalized spacial score (nSPS) is 16.9. The average molecular weight is 473 g/mol. The summed E-state index contributed by atoms with van der Waals surface area (Å²) in [7, 11) is 0. The van der Waals surface area contributed by atoms with Crippen LogP contribution in [0.3, 0.4) is 0 Å². The summed E-state index contributed by atoms with van der Waals surface area (Å²) >= 11 is 0. The number of nitro benzene ring substituents is 1. The third-order valence-corrected chi connectivity index (χ3v) is 5.65. The van der Waals surface area contributed by atoms with Gasteiger partial charge in [0.05, 0.1) is 29.8 Å². The number of benzene rings is 1. The minimum atomic E-state index is -0.844. The van der Waals surface area contributed by atoms with Crippen LogP contribution in [-0.2, 0) is 33.1 Å². The van der Waals surface area contributed by atoms with Crippen LogP contribution in [0.2, 0.25) is 0 Å². The Morgan fingerprint density at radius 2 is 2.12 bits per heavy atom. The summed E-state index contributed by atoms with van der Waals surface area (Å²) in [5, 5.41) is 20.0. The largest absolute Gasteiger partial charge is 0.463 e. The molecule has 1 unspecified atom stereocenters. The lowest BCUT2D eigenvalue weighted by molar-refractivity contribution is -0.386. The molecule has 182 valence electrons. The molecule has 1 aromatic carbocycles. The lowest BCUT2D eigenvalue weighted by Crippen LogP contribution is -2.33. The fourth-order valence-electron chi connectivity index (χ4n) is 3.84. The summed E-state index contributed by atoms with van der Waals surface area (Å²) in [5.74, 6) is -0.228. The van der Waals surface area contributed by atoms with Crippen LogP contribution >= 0.6 is 0 Å². The fraction of sp³-hybridized carbons (Fsp3) is 0.500. The van der Waals surface area contributed by atoms with Crippen LogP contribution in [0.1, 0.15) is 55.7 Å². The van der Waals surface area contributed by atoms with Gasteiger partial charge in [-0.1, -0.05) is 32.1 Å². The molecule has 0 saturated carbocycles. The predicted molar refractivity (Wildman–Crippen MR) is 119 cm³/mol. The van der Waals surface area contributed by atoms with E-state index in [4.69, 9.17) is 0 Å². The number of rotatable bonds is 11. The molecule has 0 radical (unpaired) electrons. The van der Waals surface area contributed by atoms with Crippen molar-refractivity contribution in [1.29, 1.82) is 0 Å². The van der Waals surface area contributed by atoms with Crippen LogP contribution in [0, 0.1) is 16.0 Å². The minimum Gasteiger partial charge on any atom is -0.463 e. The molecular formula is C22H28N6O6. The van der Waals surface area contributed by atoms with Gasteiger partial charge < -0.3 is 14.5 Å². The third kappa shape index (κ3) is 5.05. The maximum Gasteiger partial charge on any atom is 0.293 e. The van der Waals surface area contributed by atoms with E-state index in [1.165, 1.54) is 27.8 Å². The molecule has 1 aliphatic rings. The minimum absolute atomic E-state index is 0.0171. The summed E-state index contributed by atoms with van der Waals surface area (Å²) < 4.78 is 6.19. The second-order valence-electron chi connectivity index (χ2n) is 8.76. The number of ether oxygens (including phenoxy) is 1. The molecule has 0 N–H and O–H groups in total. The lowest BCUT2D eigenvalue weighted by Gasteiger charge is -2.23. The Bertz CT molecular complexity index is 1100. The van der Waals surface area contributed by atoms with Crippen LogP contribution in [0.5, 0.6) is 0 Å². The van der Waals surface area contributed by atoms with E-state index in [9.17, 15) is 24.5 Å². The van der Waals surface area contributed by atoms with Crippen molar-refractivity contribution < 1.29 is 24.0 Å². The maximum absolute atomic E-state index is 13.2. The number of nitrogens with zero attached hydrogens (tertiary/aromatic N) is 6. The van der Waals surface area contributed by atoms with Crippen LogP contribution in [0.15, 0.2) is 24.4 Å². The van der Waals surface area contributed by atoms with E-state index in [0.29, 0.717) is 31.1 Å². The van der Waals surface area contributed by atoms with Gasteiger partial charge in [-0.2, -0.15) is 0 Å². The first kappa shape index (κ1) is 24.8. The van der Waals surface area contributed by atoms with Crippen molar-refractivity contribution in [2.24, 2.45) is 5.92 Å². The molecule has 1 fully saturated rings. The smallest absolute Gasteiger partial charge is 0.293 e. The van der Waals surface area contributed by atoms with E-state index < -0.39 is 22.2 Å². The number of carbonyl (C=O) groups is 3. The third-order valence-electron chi connectivity index (χ3n) is 5.65. The maximum atomic E-state index is 13.2. The highest BCUT2D eigenvalue weighted by Gasteiger charge is 2.55. The lowest BCUT2D eigenvalue weighted by atomic mass is 10.1. The molecule has 0 spiro atoms. The van der Waals surface area contributed by atoms with E-state index >= 15 is 0 Å². The quantitative estimate of drug-likeness (QED) is 0.209. The highest BCUT2D eigenvalue weighted by Crippen LogP contribution is 2.39. The second-order valence-corrected chi connectivity index (χ2v) is 8.76. The van der Waals surface area contributed by atoms with Crippen molar-refractivity contribution in [3.8, 4) is 0 Å². The molecule has 2 heterocycles. The molecule has 12 heteroatoms. The molecule has 34 heavy (non-hydrogen) atoms. The Labute approximate surface area is 196 Å². The van der Waals surface area contributed by atoms with Gasteiger partial charge in [0.15, 0.2) is 5.66 Å². The topological polar surface area (TPSA) is 141 Å². The van der Waals surface area contributed by atoms with Crippen molar-refractivity contribution in [2.75, 3.05) is 13.1 Å². The zero-order valence-corrected chi connectivity index (χ0v) is 19.6. The van der Waals surface area contributed by atoms with E-state index in [2.05, 4.69) is 15.0 Å². The molecular weight excluding hydrogens is 444 g/mol. The van der Waals surface area contributed by atoms with Gasteiger partial charge in [-0.3, -0.25) is 24.5 Å². The molecule has 1 aromatic heterocycles. The van der Waals surface area contributed by atoms with Crippen LogP contribution in [0.4, 0.5) is 5.69 Å². The number of para-hydroxylation sites is 1. The number of aromatic nitrogens is 3. The van der Waals surface area contributed by atoms with Gasteiger partial charge in [-0.15, -0.1) is 5.10 Å². The summed E-state index contributed by atoms with van der Waals surface area (Å²) in [6.45, 7) is 8.70. The second kappa shape index (κ2) is 9.98. The SMILES string of the molecule is CCC(=O)N(Cc1cn(C2(C)CN2C(=O)c2cccc(COC=O)c2[N+](=O)[O-])nn1)CC(C)C. The zero-order valence-electron chi connectivity index (χ0n) is 19.6. The highest BCUT2D eigenvalue weighted by atomic mass is 16.6. The standard InChI is InChI=1S/C22H28N6O6/c1-5-19(30)25(9-15(2)3)10-17-11-27(24-23-17)22(4)13-26(22)21(31)18-8-6-7-16(12-34-14-29)20(18)28(32)33/h6-8,11,14-15H,5,9-10,12-13H2,1-4H3. The van der Waals surface area contributed by atoms with Crippen LogP contribution in [0.25, 0.3) is 0 Å². The van der Waals surface area contributed by atoms with E-state index in [1.807, 2.05) is 13.8 Å². The molecule has 0 aliphatic carbocycles. The van der Waals surface area contributed by atoms with Gasteiger partial charge in [0, 0.05) is 13.0 Å². The Morgan fingerprint density at radius 1 is 1.38 bits per heavy atom. The van der Waals surface area contributed by atoms with Gasteiger partial charge in [-0.05, 0) is 25.0 Å². The van der Waals surface area contributed by atoms with Crippen molar-refractivity contribution in [2.45, 2.75) is 52.9 Å². The van der Waals surface area contributed by atoms with Gasteiger partial charge >= 0.3 is 0 Å². The van der Waals surface area contributed by atoms with Gasteiger partial charge in [0.2, 0.25) is 5.91 Å². The molecule has 2 amide bonds. The number of nitro groups is 1. The first-order valence-electron chi connectivity index (χ1n) is 10.9.